The molecular weight excluding hydrogens is 345 g/mol. The summed E-state index contributed by atoms with van der Waals surface area (Å²) in [6.45, 7) is 0. The molecule has 7 heteroatoms. The predicted octanol–water partition coefficient (Wildman–Crippen LogP) is 4.77. The number of thiophene rings is 1. The first-order chi connectivity index (χ1) is 10.5. The lowest BCUT2D eigenvalue weighted by Gasteiger charge is -2.06. The number of nitrogens with one attached hydrogen (secondary N) is 1. The highest BCUT2D eigenvalue weighted by molar-refractivity contribution is 7.15. The van der Waals surface area contributed by atoms with Crippen LogP contribution < -0.4 is 5.32 Å². The lowest BCUT2D eigenvalue weighted by molar-refractivity contribution is -0.117. The maximum absolute atomic E-state index is 11.9. The number of aromatic carboxylic acids is 1. The Balaban J connectivity index is 2.00. The number of anilines is 1. The fourth-order valence-corrected chi connectivity index (χ4v) is 3.36. The number of carboxylic acid groups (broad SMARTS) is 1. The van der Waals surface area contributed by atoms with Crippen molar-refractivity contribution in [1.82, 2.24) is 0 Å². The van der Waals surface area contributed by atoms with E-state index in [1.54, 1.807) is 23.6 Å². The van der Waals surface area contributed by atoms with Crippen molar-refractivity contribution < 1.29 is 14.7 Å². The Labute approximate surface area is 140 Å². The molecule has 0 spiro atoms. The SMILES string of the molecule is O=C(O)c1c(-c2ccc(Cl)c(Cl)c2)csc1NC(=O)C1CC1. The second-order valence-electron chi connectivity index (χ2n) is 5.05. The maximum Gasteiger partial charge on any atom is 0.339 e. The number of carbonyl (C=O) groups excluding carboxylic acids is 1. The van der Waals surface area contributed by atoms with E-state index in [2.05, 4.69) is 5.32 Å². The first-order valence-corrected chi connectivity index (χ1v) is 8.22. The van der Waals surface area contributed by atoms with E-state index in [0.29, 0.717) is 26.2 Å². The number of rotatable bonds is 4. The van der Waals surface area contributed by atoms with Crippen LogP contribution in [0.3, 0.4) is 0 Å². The molecule has 2 aromatic rings. The van der Waals surface area contributed by atoms with E-state index >= 15 is 0 Å². The Morgan fingerprint density at radius 2 is 1.95 bits per heavy atom. The highest BCUT2D eigenvalue weighted by Gasteiger charge is 2.31. The molecule has 4 nitrogen and oxygen atoms in total. The maximum atomic E-state index is 11.9. The minimum absolute atomic E-state index is 0.0113. The molecule has 114 valence electrons. The van der Waals surface area contributed by atoms with E-state index in [-0.39, 0.29) is 17.4 Å². The fourth-order valence-electron chi connectivity index (χ4n) is 2.10. The van der Waals surface area contributed by atoms with Gasteiger partial charge in [-0.1, -0.05) is 29.3 Å². The van der Waals surface area contributed by atoms with Crippen molar-refractivity contribution in [3.8, 4) is 11.1 Å². The van der Waals surface area contributed by atoms with Crippen molar-refractivity contribution in [2.45, 2.75) is 12.8 Å². The van der Waals surface area contributed by atoms with Gasteiger partial charge in [-0.25, -0.2) is 4.79 Å². The third kappa shape index (κ3) is 2.97. The second kappa shape index (κ2) is 5.91. The van der Waals surface area contributed by atoms with Crippen LogP contribution in [0.5, 0.6) is 0 Å². The van der Waals surface area contributed by atoms with Crippen LogP contribution in [0.1, 0.15) is 23.2 Å². The molecule has 0 unspecified atom stereocenters. The number of carboxylic acids is 1. The van der Waals surface area contributed by atoms with Gasteiger partial charge in [0.25, 0.3) is 0 Å². The molecule has 0 saturated heterocycles. The highest BCUT2D eigenvalue weighted by Crippen LogP contribution is 2.39. The average Bonchev–Trinajstić information content (AvgIpc) is 3.23. The Hall–Kier alpha value is -1.56. The summed E-state index contributed by atoms with van der Waals surface area (Å²) in [5.41, 5.74) is 1.24. The van der Waals surface area contributed by atoms with Crippen molar-refractivity contribution in [3.63, 3.8) is 0 Å². The minimum Gasteiger partial charge on any atom is -0.478 e. The van der Waals surface area contributed by atoms with Gasteiger partial charge >= 0.3 is 5.97 Å². The quantitative estimate of drug-likeness (QED) is 0.829. The summed E-state index contributed by atoms with van der Waals surface area (Å²) in [5, 5.41) is 15.0. The van der Waals surface area contributed by atoms with Gasteiger partial charge in [0.2, 0.25) is 5.91 Å². The summed E-state index contributed by atoms with van der Waals surface area (Å²) in [5.74, 6) is -1.20. The van der Waals surface area contributed by atoms with Gasteiger partial charge in [-0.15, -0.1) is 11.3 Å². The van der Waals surface area contributed by atoms with E-state index in [1.807, 2.05) is 0 Å². The molecule has 0 bridgehead atoms. The number of hydrogen-bond donors (Lipinski definition) is 2. The van der Waals surface area contributed by atoms with Crippen LogP contribution in [-0.2, 0) is 4.79 Å². The zero-order valence-corrected chi connectivity index (χ0v) is 13.6. The third-order valence-corrected chi connectivity index (χ3v) is 5.05. The molecule has 2 N–H and O–H groups in total. The number of halogens is 2. The van der Waals surface area contributed by atoms with Gasteiger partial charge in [0.1, 0.15) is 10.6 Å². The lowest BCUT2D eigenvalue weighted by atomic mass is 10.0. The summed E-state index contributed by atoms with van der Waals surface area (Å²) in [4.78, 5) is 23.5. The Morgan fingerprint density at radius 1 is 1.23 bits per heavy atom. The van der Waals surface area contributed by atoms with Gasteiger partial charge in [-0.2, -0.15) is 0 Å². The zero-order chi connectivity index (χ0) is 15.9. The molecule has 0 radical (unpaired) electrons. The number of amides is 1. The standard InChI is InChI=1S/C15H11Cl2NO3S/c16-10-4-3-8(5-11(10)17)9-6-22-14(12(9)15(20)21)18-13(19)7-1-2-7/h3-7H,1-2H2,(H,18,19)(H,20,21). The fraction of sp³-hybridized carbons (Fsp3) is 0.200. The van der Waals surface area contributed by atoms with Gasteiger partial charge in [0, 0.05) is 16.9 Å². The highest BCUT2D eigenvalue weighted by atomic mass is 35.5. The van der Waals surface area contributed by atoms with Crippen molar-refractivity contribution in [1.29, 1.82) is 0 Å². The Kier molecular flexibility index (Phi) is 4.12. The topological polar surface area (TPSA) is 66.4 Å². The van der Waals surface area contributed by atoms with E-state index in [4.69, 9.17) is 23.2 Å². The molecule has 1 aromatic heterocycles. The van der Waals surface area contributed by atoms with Crippen LogP contribution in [0.2, 0.25) is 10.0 Å². The Bertz CT molecular complexity index is 768. The van der Waals surface area contributed by atoms with Crippen LogP contribution in [0.15, 0.2) is 23.6 Å². The van der Waals surface area contributed by atoms with Crippen LogP contribution >= 0.6 is 34.5 Å². The summed E-state index contributed by atoms with van der Waals surface area (Å²) >= 11 is 13.1. The molecule has 1 saturated carbocycles. The van der Waals surface area contributed by atoms with Gasteiger partial charge < -0.3 is 10.4 Å². The summed E-state index contributed by atoms with van der Waals surface area (Å²) < 4.78 is 0. The third-order valence-electron chi connectivity index (χ3n) is 3.42. The first kappa shape index (κ1) is 15.3. The number of carbonyl (C=O) groups is 2. The summed E-state index contributed by atoms with van der Waals surface area (Å²) in [6.07, 6.45) is 1.72. The van der Waals surface area contributed by atoms with Crippen LogP contribution in [-0.4, -0.2) is 17.0 Å². The molecule has 1 aliphatic rings. The largest absolute Gasteiger partial charge is 0.478 e. The molecule has 0 aliphatic heterocycles. The number of benzene rings is 1. The van der Waals surface area contributed by atoms with Crippen LogP contribution in [0.25, 0.3) is 11.1 Å². The van der Waals surface area contributed by atoms with E-state index < -0.39 is 5.97 Å². The van der Waals surface area contributed by atoms with Crippen LogP contribution in [0.4, 0.5) is 5.00 Å². The summed E-state index contributed by atoms with van der Waals surface area (Å²) in [6, 6.07) is 4.94. The molecule has 1 aliphatic carbocycles. The molecule has 1 aromatic carbocycles. The van der Waals surface area contributed by atoms with Gasteiger partial charge in [0.15, 0.2) is 0 Å². The molecule has 1 amide bonds. The van der Waals surface area contributed by atoms with Crippen molar-refractivity contribution in [3.05, 3.63) is 39.2 Å². The monoisotopic (exact) mass is 355 g/mol. The zero-order valence-electron chi connectivity index (χ0n) is 11.2. The average molecular weight is 356 g/mol. The second-order valence-corrected chi connectivity index (χ2v) is 6.75. The molecule has 22 heavy (non-hydrogen) atoms. The molecule has 0 atom stereocenters. The van der Waals surface area contributed by atoms with Gasteiger partial charge in [0.05, 0.1) is 10.0 Å². The Morgan fingerprint density at radius 3 is 2.55 bits per heavy atom. The normalized spacial score (nSPS) is 13.9. The number of hydrogen-bond acceptors (Lipinski definition) is 3. The smallest absolute Gasteiger partial charge is 0.339 e. The van der Waals surface area contributed by atoms with Gasteiger partial charge in [-0.05, 0) is 30.5 Å². The van der Waals surface area contributed by atoms with E-state index in [9.17, 15) is 14.7 Å². The minimum atomic E-state index is -1.09. The molecule has 3 rings (SSSR count). The molecule has 1 fully saturated rings. The van der Waals surface area contributed by atoms with Crippen molar-refractivity contribution >= 4 is 51.4 Å². The first-order valence-electron chi connectivity index (χ1n) is 6.58. The van der Waals surface area contributed by atoms with Crippen molar-refractivity contribution in [2.24, 2.45) is 5.92 Å². The molecule has 1 heterocycles. The predicted molar refractivity (Wildman–Crippen MR) is 88.1 cm³/mol. The summed E-state index contributed by atoms with van der Waals surface area (Å²) in [7, 11) is 0. The van der Waals surface area contributed by atoms with Gasteiger partial charge in [-0.3, -0.25) is 4.79 Å². The van der Waals surface area contributed by atoms with Crippen LogP contribution in [0, 0.1) is 5.92 Å². The molecular formula is C15H11Cl2NO3S. The van der Waals surface area contributed by atoms with E-state index in [0.717, 1.165) is 12.8 Å². The van der Waals surface area contributed by atoms with Crippen molar-refractivity contribution in [2.75, 3.05) is 5.32 Å². The lowest BCUT2D eigenvalue weighted by Crippen LogP contribution is -2.14. The van der Waals surface area contributed by atoms with E-state index in [1.165, 1.54) is 11.3 Å².